The summed E-state index contributed by atoms with van der Waals surface area (Å²) in [5, 5.41) is 5.54. The van der Waals surface area contributed by atoms with E-state index < -0.39 is 5.91 Å². The Morgan fingerprint density at radius 2 is 2.24 bits per heavy atom. The highest BCUT2D eigenvalue weighted by atomic mass is 16.2. The standard InChI is InChI=1S/C11H16N4O2/c1-2-4-14-9-3-5-13-6-8(9)11(17)15-7-10(12)16/h3,5-6H,2,4,7H2,1H3,(H2,12,16)(H,13,14)(H,15,17). The van der Waals surface area contributed by atoms with Gasteiger partial charge < -0.3 is 16.4 Å². The summed E-state index contributed by atoms with van der Waals surface area (Å²) in [6, 6.07) is 1.72. The monoisotopic (exact) mass is 236 g/mol. The van der Waals surface area contributed by atoms with Crippen molar-refractivity contribution in [3.05, 3.63) is 24.0 Å². The zero-order valence-corrected chi connectivity index (χ0v) is 9.69. The van der Waals surface area contributed by atoms with Gasteiger partial charge in [0.1, 0.15) is 0 Å². The molecule has 6 nitrogen and oxygen atoms in total. The molecule has 1 rings (SSSR count). The van der Waals surface area contributed by atoms with Gasteiger partial charge in [0.15, 0.2) is 0 Å². The Bertz CT molecular complexity index is 406. The van der Waals surface area contributed by atoms with E-state index in [9.17, 15) is 9.59 Å². The van der Waals surface area contributed by atoms with Gasteiger partial charge in [-0.2, -0.15) is 0 Å². The first kappa shape index (κ1) is 13.0. The molecule has 0 aliphatic carbocycles. The van der Waals surface area contributed by atoms with Gasteiger partial charge in [0, 0.05) is 18.9 Å². The molecule has 0 spiro atoms. The second kappa shape index (κ2) is 6.47. The summed E-state index contributed by atoms with van der Waals surface area (Å²) in [7, 11) is 0. The van der Waals surface area contributed by atoms with Crippen molar-refractivity contribution in [1.29, 1.82) is 0 Å². The van der Waals surface area contributed by atoms with Crippen molar-refractivity contribution in [2.45, 2.75) is 13.3 Å². The fourth-order valence-corrected chi connectivity index (χ4v) is 1.25. The predicted molar refractivity (Wildman–Crippen MR) is 64.5 cm³/mol. The Balaban J connectivity index is 2.74. The lowest BCUT2D eigenvalue weighted by atomic mass is 10.2. The number of nitrogens with one attached hydrogen (secondary N) is 2. The van der Waals surface area contributed by atoms with Crippen LogP contribution in [0.3, 0.4) is 0 Å². The number of carbonyl (C=O) groups is 2. The number of primary amides is 1. The van der Waals surface area contributed by atoms with Crippen LogP contribution >= 0.6 is 0 Å². The minimum Gasteiger partial charge on any atom is -0.384 e. The highest BCUT2D eigenvalue weighted by Crippen LogP contribution is 2.13. The van der Waals surface area contributed by atoms with Crippen molar-refractivity contribution in [3.63, 3.8) is 0 Å². The van der Waals surface area contributed by atoms with Crippen molar-refractivity contribution in [3.8, 4) is 0 Å². The lowest BCUT2D eigenvalue weighted by Crippen LogP contribution is -2.33. The largest absolute Gasteiger partial charge is 0.384 e. The van der Waals surface area contributed by atoms with Crippen LogP contribution in [0.1, 0.15) is 23.7 Å². The number of hydrogen-bond acceptors (Lipinski definition) is 4. The smallest absolute Gasteiger partial charge is 0.255 e. The van der Waals surface area contributed by atoms with Crippen molar-refractivity contribution in [2.24, 2.45) is 5.73 Å². The molecule has 0 saturated carbocycles. The van der Waals surface area contributed by atoms with Gasteiger partial charge in [-0.1, -0.05) is 6.92 Å². The molecule has 1 aromatic rings. The minimum atomic E-state index is -0.578. The molecule has 0 saturated heterocycles. The van der Waals surface area contributed by atoms with E-state index in [1.165, 1.54) is 6.20 Å². The highest BCUT2D eigenvalue weighted by molar-refractivity contribution is 6.00. The maximum atomic E-state index is 11.7. The number of nitrogens with zero attached hydrogens (tertiary/aromatic N) is 1. The van der Waals surface area contributed by atoms with Gasteiger partial charge in [0.25, 0.3) is 5.91 Å². The fourth-order valence-electron chi connectivity index (χ4n) is 1.25. The second-order valence-corrected chi connectivity index (χ2v) is 3.50. The third-order valence-electron chi connectivity index (χ3n) is 2.05. The van der Waals surface area contributed by atoms with Crippen LogP contribution in [0.5, 0.6) is 0 Å². The van der Waals surface area contributed by atoms with Gasteiger partial charge >= 0.3 is 0 Å². The zero-order valence-electron chi connectivity index (χ0n) is 9.69. The number of carbonyl (C=O) groups excluding carboxylic acids is 2. The number of rotatable bonds is 6. The predicted octanol–water partition coefficient (Wildman–Crippen LogP) is 0.119. The van der Waals surface area contributed by atoms with Crippen molar-refractivity contribution in [2.75, 3.05) is 18.4 Å². The number of pyridine rings is 1. The molecule has 0 fully saturated rings. The molecular formula is C11H16N4O2. The molecule has 0 radical (unpaired) electrons. The van der Waals surface area contributed by atoms with E-state index in [0.29, 0.717) is 11.3 Å². The molecule has 0 atom stereocenters. The fraction of sp³-hybridized carbons (Fsp3) is 0.364. The van der Waals surface area contributed by atoms with Crippen LogP contribution in [0.15, 0.2) is 18.5 Å². The summed E-state index contributed by atoms with van der Waals surface area (Å²) >= 11 is 0. The van der Waals surface area contributed by atoms with Gasteiger partial charge in [-0.05, 0) is 12.5 Å². The average Bonchev–Trinajstić information content (AvgIpc) is 2.33. The summed E-state index contributed by atoms with van der Waals surface area (Å²) in [6.45, 7) is 2.61. The Kier molecular flexibility index (Phi) is 4.93. The van der Waals surface area contributed by atoms with Gasteiger partial charge in [-0.25, -0.2) is 0 Å². The van der Waals surface area contributed by atoms with E-state index in [2.05, 4.69) is 15.6 Å². The summed E-state index contributed by atoms with van der Waals surface area (Å²) in [5.41, 5.74) is 6.05. The Morgan fingerprint density at radius 1 is 1.47 bits per heavy atom. The summed E-state index contributed by atoms with van der Waals surface area (Å²) in [6.07, 6.45) is 4.00. The zero-order chi connectivity index (χ0) is 12.7. The minimum absolute atomic E-state index is 0.180. The van der Waals surface area contributed by atoms with Gasteiger partial charge in [-0.3, -0.25) is 14.6 Å². The lowest BCUT2D eigenvalue weighted by molar-refractivity contribution is -0.117. The first-order valence-electron chi connectivity index (χ1n) is 5.39. The Labute approximate surface area is 99.6 Å². The first-order valence-corrected chi connectivity index (χ1v) is 5.39. The van der Waals surface area contributed by atoms with Crippen LogP contribution in [-0.4, -0.2) is 29.9 Å². The van der Waals surface area contributed by atoms with E-state index in [0.717, 1.165) is 13.0 Å². The van der Waals surface area contributed by atoms with Crippen molar-refractivity contribution < 1.29 is 9.59 Å². The van der Waals surface area contributed by atoms with Gasteiger partial charge in [-0.15, -0.1) is 0 Å². The van der Waals surface area contributed by atoms with Crippen LogP contribution in [0.4, 0.5) is 5.69 Å². The maximum Gasteiger partial charge on any atom is 0.255 e. The van der Waals surface area contributed by atoms with Crippen molar-refractivity contribution in [1.82, 2.24) is 10.3 Å². The van der Waals surface area contributed by atoms with E-state index in [4.69, 9.17) is 5.73 Å². The van der Waals surface area contributed by atoms with E-state index in [1.54, 1.807) is 12.3 Å². The van der Waals surface area contributed by atoms with Gasteiger partial charge in [0.05, 0.1) is 17.8 Å². The van der Waals surface area contributed by atoms with Crippen LogP contribution in [0.2, 0.25) is 0 Å². The molecule has 0 unspecified atom stereocenters. The first-order chi connectivity index (χ1) is 8.15. The lowest BCUT2D eigenvalue weighted by Gasteiger charge is -2.10. The molecule has 0 aliphatic heterocycles. The van der Waals surface area contributed by atoms with Crippen LogP contribution in [0, 0.1) is 0 Å². The van der Waals surface area contributed by atoms with Crippen LogP contribution in [0.25, 0.3) is 0 Å². The third-order valence-corrected chi connectivity index (χ3v) is 2.05. The summed E-state index contributed by atoms with van der Waals surface area (Å²) in [5.74, 6) is -0.944. The number of amides is 2. The second-order valence-electron chi connectivity index (χ2n) is 3.50. The molecule has 2 amide bonds. The summed E-state index contributed by atoms with van der Waals surface area (Å²) < 4.78 is 0. The number of nitrogens with two attached hydrogens (primary N) is 1. The molecule has 6 heteroatoms. The molecular weight excluding hydrogens is 220 g/mol. The van der Waals surface area contributed by atoms with Crippen LogP contribution < -0.4 is 16.4 Å². The van der Waals surface area contributed by atoms with Gasteiger partial charge in [0.2, 0.25) is 5.91 Å². The molecule has 0 bridgehead atoms. The summed E-state index contributed by atoms with van der Waals surface area (Å²) in [4.78, 5) is 26.2. The Morgan fingerprint density at radius 3 is 2.88 bits per heavy atom. The van der Waals surface area contributed by atoms with E-state index >= 15 is 0 Å². The Hall–Kier alpha value is -2.11. The number of hydrogen-bond donors (Lipinski definition) is 3. The normalized spacial score (nSPS) is 9.71. The van der Waals surface area contributed by atoms with E-state index in [-0.39, 0.29) is 12.5 Å². The molecule has 0 aromatic carbocycles. The molecule has 1 aromatic heterocycles. The van der Waals surface area contributed by atoms with Crippen LogP contribution in [-0.2, 0) is 4.79 Å². The molecule has 92 valence electrons. The maximum absolute atomic E-state index is 11.7. The molecule has 1 heterocycles. The SMILES string of the molecule is CCCNc1ccncc1C(=O)NCC(N)=O. The number of anilines is 1. The molecule has 4 N–H and O–H groups in total. The average molecular weight is 236 g/mol. The van der Waals surface area contributed by atoms with Crippen molar-refractivity contribution >= 4 is 17.5 Å². The molecule has 17 heavy (non-hydrogen) atoms. The highest BCUT2D eigenvalue weighted by Gasteiger charge is 2.11. The topological polar surface area (TPSA) is 97.1 Å². The van der Waals surface area contributed by atoms with E-state index in [1.807, 2.05) is 6.92 Å². The molecule has 0 aliphatic rings. The number of aromatic nitrogens is 1. The quantitative estimate of drug-likeness (QED) is 0.653. The third kappa shape index (κ3) is 4.10.